The van der Waals surface area contributed by atoms with Crippen LogP contribution >= 0.6 is 11.6 Å². The van der Waals surface area contributed by atoms with Gasteiger partial charge in [0.1, 0.15) is 5.82 Å². The Labute approximate surface area is 88.2 Å². The van der Waals surface area contributed by atoms with Crippen molar-refractivity contribution in [2.24, 2.45) is 5.73 Å². The van der Waals surface area contributed by atoms with Crippen molar-refractivity contribution in [3.8, 4) is 0 Å². The molecule has 2 nitrogen and oxygen atoms in total. The van der Waals surface area contributed by atoms with Crippen molar-refractivity contribution >= 4 is 11.6 Å². The maximum absolute atomic E-state index is 13.2. The molecule has 0 aliphatic carbocycles. The summed E-state index contributed by atoms with van der Waals surface area (Å²) in [6.45, 7) is 2.02. The third-order valence-corrected chi connectivity index (χ3v) is 2.29. The van der Waals surface area contributed by atoms with Crippen molar-refractivity contribution in [1.82, 2.24) is 5.32 Å². The van der Waals surface area contributed by atoms with Gasteiger partial charge in [0.25, 0.3) is 0 Å². The molecule has 0 bridgehead atoms. The van der Waals surface area contributed by atoms with Crippen LogP contribution in [0.3, 0.4) is 0 Å². The van der Waals surface area contributed by atoms with Gasteiger partial charge in [-0.2, -0.15) is 0 Å². The fourth-order valence-electron chi connectivity index (χ4n) is 1.21. The molecular weight excluding hydrogens is 203 g/mol. The predicted molar refractivity (Wildman–Crippen MR) is 57.0 cm³/mol. The first kappa shape index (κ1) is 11.4. The zero-order valence-electron chi connectivity index (χ0n) is 7.89. The number of halogens is 2. The topological polar surface area (TPSA) is 38.0 Å². The van der Waals surface area contributed by atoms with Crippen molar-refractivity contribution < 1.29 is 4.39 Å². The second kappa shape index (κ2) is 5.96. The molecule has 0 atom stereocenters. The van der Waals surface area contributed by atoms with E-state index in [0.717, 1.165) is 6.54 Å². The molecule has 0 saturated carbocycles. The van der Waals surface area contributed by atoms with Gasteiger partial charge in [-0.3, -0.25) is 0 Å². The third kappa shape index (κ3) is 3.25. The van der Waals surface area contributed by atoms with Crippen LogP contribution in [-0.4, -0.2) is 19.6 Å². The number of benzene rings is 1. The summed E-state index contributed by atoms with van der Waals surface area (Å²) in [6, 6.07) is 4.72. The Morgan fingerprint density at radius 3 is 2.79 bits per heavy atom. The second-order valence-corrected chi connectivity index (χ2v) is 3.40. The molecule has 1 aromatic carbocycles. The molecule has 1 aromatic rings. The summed E-state index contributed by atoms with van der Waals surface area (Å²) in [5, 5.41) is 3.57. The number of nitrogens with one attached hydrogen (secondary N) is 1. The van der Waals surface area contributed by atoms with Gasteiger partial charge in [0.2, 0.25) is 0 Å². The fraction of sp³-hybridized carbons (Fsp3) is 0.400. The molecule has 0 aliphatic heterocycles. The first-order chi connectivity index (χ1) is 6.75. The molecular formula is C10H14ClFN2. The lowest BCUT2D eigenvalue weighted by molar-refractivity contribution is 0.599. The Morgan fingerprint density at radius 1 is 1.36 bits per heavy atom. The highest BCUT2D eigenvalue weighted by molar-refractivity contribution is 6.31. The minimum absolute atomic E-state index is 0.243. The average Bonchev–Trinajstić information content (AvgIpc) is 2.16. The maximum Gasteiger partial charge on any atom is 0.127 e. The molecule has 0 aliphatic rings. The van der Waals surface area contributed by atoms with Gasteiger partial charge in [-0.15, -0.1) is 0 Å². The SMILES string of the molecule is NCCNCCc1c(F)cccc1Cl. The molecule has 78 valence electrons. The van der Waals surface area contributed by atoms with E-state index in [2.05, 4.69) is 5.32 Å². The second-order valence-electron chi connectivity index (χ2n) is 2.99. The van der Waals surface area contributed by atoms with Crippen molar-refractivity contribution in [2.75, 3.05) is 19.6 Å². The summed E-state index contributed by atoms with van der Waals surface area (Å²) in [6.07, 6.45) is 0.589. The molecule has 0 heterocycles. The first-order valence-corrected chi connectivity index (χ1v) is 4.97. The summed E-state index contributed by atoms with van der Waals surface area (Å²) >= 11 is 5.85. The van der Waals surface area contributed by atoms with Crippen LogP contribution in [0, 0.1) is 5.82 Å². The number of rotatable bonds is 5. The largest absolute Gasteiger partial charge is 0.329 e. The van der Waals surface area contributed by atoms with Crippen LogP contribution in [0.15, 0.2) is 18.2 Å². The minimum Gasteiger partial charge on any atom is -0.329 e. The van der Waals surface area contributed by atoms with E-state index in [0.29, 0.717) is 30.1 Å². The standard InChI is InChI=1S/C10H14ClFN2/c11-9-2-1-3-10(12)8(9)4-6-14-7-5-13/h1-3,14H,4-7,13H2. The lowest BCUT2D eigenvalue weighted by Gasteiger charge is -2.06. The van der Waals surface area contributed by atoms with Gasteiger partial charge in [0.15, 0.2) is 0 Å². The lowest BCUT2D eigenvalue weighted by Crippen LogP contribution is -2.24. The van der Waals surface area contributed by atoms with Crippen LogP contribution in [0.1, 0.15) is 5.56 Å². The molecule has 0 aromatic heterocycles. The molecule has 1 rings (SSSR count). The van der Waals surface area contributed by atoms with Crippen LogP contribution in [-0.2, 0) is 6.42 Å². The van der Waals surface area contributed by atoms with E-state index in [1.807, 2.05) is 0 Å². The number of hydrogen-bond donors (Lipinski definition) is 2. The van der Waals surface area contributed by atoms with Gasteiger partial charge in [0, 0.05) is 23.7 Å². The number of nitrogens with two attached hydrogens (primary N) is 1. The summed E-state index contributed by atoms with van der Waals surface area (Å²) in [5.41, 5.74) is 5.87. The van der Waals surface area contributed by atoms with E-state index in [-0.39, 0.29) is 5.82 Å². The van der Waals surface area contributed by atoms with E-state index in [9.17, 15) is 4.39 Å². The Bertz CT molecular complexity index is 271. The fourth-order valence-corrected chi connectivity index (χ4v) is 1.47. The first-order valence-electron chi connectivity index (χ1n) is 4.59. The third-order valence-electron chi connectivity index (χ3n) is 1.93. The van der Waals surface area contributed by atoms with Crippen LogP contribution in [0.4, 0.5) is 4.39 Å². The molecule has 0 fully saturated rings. The van der Waals surface area contributed by atoms with Gasteiger partial charge < -0.3 is 11.1 Å². The predicted octanol–water partition coefficient (Wildman–Crippen LogP) is 1.57. The minimum atomic E-state index is -0.243. The van der Waals surface area contributed by atoms with Gasteiger partial charge in [0.05, 0.1) is 0 Å². The maximum atomic E-state index is 13.2. The Hall–Kier alpha value is -0.640. The Morgan fingerprint density at radius 2 is 2.14 bits per heavy atom. The summed E-state index contributed by atoms with van der Waals surface area (Å²) in [5.74, 6) is -0.243. The molecule has 0 spiro atoms. The molecule has 4 heteroatoms. The van der Waals surface area contributed by atoms with Crippen molar-refractivity contribution in [1.29, 1.82) is 0 Å². The van der Waals surface area contributed by atoms with E-state index in [1.165, 1.54) is 6.07 Å². The normalized spacial score (nSPS) is 10.5. The Kier molecular flexibility index (Phi) is 4.87. The molecule has 14 heavy (non-hydrogen) atoms. The van der Waals surface area contributed by atoms with Gasteiger partial charge in [-0.25, -0.2) is 4.39 Å². The van der Waals surface area contributed by atoms with E-state index < -0.39 is 0 Å². The van der Waals surface area contributed by atoms with Crippen LogP contribution in [0.2, 0.25) is 5.02 Å². The van der Waals surface area contributed by atoms with Gasteiger partial charge >= 0.3 is 0 Å². The van der Waals surface area contributed by atoms with Crippen molar-refractivity contribution in [2.45, 2.75) is 6.42 Å². The summed E-state index contributed by atoms with van der Waals surface area (Å²) < 4.78 is 13.2. The molecule has 0 radical (unpaired) electrons. The molecule has 0 unspecified atom stereocenters. The highest BCUT2D eigenvalue weighted by Crippen LogP contribution is 2.18. The van der Waals surface area contributed by atoms with Crippen LogP contribution in [0.5, 0.6) is 0 Å². The molecule has 0 amide bonds. The van der Waals surface area contributed by atoms with Crippen molar-refractivity contribution in [3.63, 3.8) is 0 Å². The lowest BCUT2D eigenvalue weighted by atomic mass is 10.1. The molecule has 3 N–H and O–H groups in total. The zero-order valence-corrected chi connectivity index (χ0v) is 8.65. The number of hydrogen-bond acceptors (Lipinski definition) is 2. The van der Waals surface area contributed by atoms with E-state index in [4.69, 9.17) is 17.3 Å². The quantitative estimate of drug-likeness (QED) is 0.734. The van der Waals surface area contributed by atoms with Crippen molar-refractivity contribution in [3.05, 3.63) is 34.6 Å². The monoisotopic (exact) mass is 216 g/mol. The van der Waals surface area contributed by atoms with Gasteiger partial charge in [-0.05, 0) is 25.1 Å². The van der Waals surface area contributed by atoms with Crippen LogP contribution in [0.25, 0.3) is 0 Å². The van der Waals surface area contributed by atoms with E-state index in [1.54, 1.807) is 12.1 Å². The van der Waals surface area contributed by atoms with Crippen LogP contribution < -0.4 is 11.1 Å². The smallest absolute Gasteiger partial charge is 0.127 e. The molecule has 0 saturated heterocycles. The zero-order chi connectivity index (χ0) is 10.4. The average molecular weight is 217 g/mol. The summed E-state index contributed by atoms with van der Waals surface area (Å²) in [4.78, 5) is 0. The highest BCUT2D eigenvalue weighted by Gasteiger charge is 2.05. The van der Waals surface area contributed by atoms with Gasteiger partial charge in [-0.1, -0.05) is 17.7 Å². The highest BCUT2D eigenvalue weighted by atomic mass is 35.5. The Balaban J connectivity index is 2.49. The van der Waals surface area contributed by atoms with E-state index >= 15 is 0 Å². The summed E-state index contributed by atoms with van der Waals surface area (Å²) in [7, 11) is 0.